The molecule has 9 heteroatoms. The number of hydrogen-bond donors (Lipinski definition) is 2. The van der Waals surface area contributed by atoms with Crippen LogP contribution in [-0.4, -0.2) is 42.8 Å². The molecule has 1 aliphatic rings. The molecule has 0 atom stereocenters. The minimum Gasteiger partial charge on any atom is -0.507 e. The fraction of sp³-hybridized carbons (Fsp3) is 0.267. The van der Waals surface area contributed by atoms with Gasteiger partial charge >= 0.3 is 0 Å². The molecule has 5 aromatic rings. The molecule has 0 saturated carbocycles. The zero-order valence-electron chi connectivity index (χ0n) is 22.1. The number of aromatic hydroxyl groups is 1. The summed E-state index contributed by atoms with van der Waals surface area (Å²) in [5, 5.41) is 14.0. The first kappa shape index (κ1) is 24.8. The van der Waals surface area contributed by atoms with Crippen LogP contribution in [0, 0.1) is 5.82 Å². The third kappa shape index (κ3) is 4.65. The SMILES string of the molecule is CCc1cccc(-c2cc(CCNc3nc(-c4cncc(F)c4)nc4c3nc3n4C(C)(C)CO3)ccc2O)c1. The van der Waals surface area contributed by atoms with Crippen molar-refractivity contribution in [2.45, 2.75) is 39.2 Å². The quantitative estimate of drug-likeness (QED) is 0.280. The van der Waals surface area contributed by atoms with Crippen LogP contribution in [0.1, 0.15) is 31.9 Å². The lowest BCUT2D eigenvalue weighted by molar-refractivity contribution is 0.268. The molecule has 0 bridgehead atoms. The van der Waals surface area contributed by atoms with Crippen molar-refractivity contribution >= 4 is 17.0 Å². The van der Waals surface area contributed by atoms with Gasteiger partial charge in [-0.05, 0) is 61.6 Å². The molecular weight excluding hydrogens is 495 g/mol. The van der Waals surface area contributed by atoms with Crippen molar-refractivity contribution in [1.82, 2.24) is 24.5 Å². The lowest BCUT2D eigenvalue weighted by Gasteiger charge is -2.18. The molecule has 0 aliphatic carbocycles. The van der Waals surface area contributed by atoms with Gasteiger partial charge in [-0.1, -0.05) is 37.3 Å². The Kier molecular flexibility index (Phi) is 6.13. The highest BCUT2D eigenvalue weighted by Gasteiger charge is 2.36. The molecule has 0 radical (unpaired) electrons. The molecule has 39 heavy (non-hydrogen) atoms. The number of benzene rings is 2. The van der Waals surface area contributed by atoms with E-state index in [1.54, 1.807) is 12.3 Å². The molecule has 198 valence electrons. The molecule has 0 unspecified atom stereocenters. The fourth-order valence-corrected chi connectivity index (χ4v) is 4.93. The predicted molar refractivity (Wildman–Crippen MR) is 148 cm³/mol. The summed E-state index contributed by atoms with van der Waals surface area (Å²) in [6, 6.07) is 15.8. The van der Waals surface area contributed by atoms with E-state index in [1.165, 1.54) is 11.6 Å². The minimum absolute atomic E-state index is 0.251. The molecule has 8 nitrogen and oxygen atoms in total. The number of pyridine rings is 1. The van der Waals surface area contributed by atoms with Gasteiger partial charge in [0.25, 0.3) is 6.01 Å². The van der Waals surface area contributed by atoms with Crippen LogP contribution in [0.3, 0.4) is 0 Å². The molecular formula is C30H29FN6O2. The third-order valence-corrected chi connectivity index (χ3v) is 7.01. The second-order valence-electron chi connectivity index (χ2n) is 10.4. The van der Waals surface area contributed by atoms with E-state index in [9.17, 15) is 9.50 Å². The maximum Gasteiger partial charge on any atom is 0.299 e. The van der Waals surface area contributed by atoms with E-state index in [4.69, 9.17) is 14.7 Å². The average Bonchev–Trinajstić information content (AvgIpc) is 3.46. The van der Waals surface area contributed by atoms with Crippen LogP contribution >= 0.6 is 0 Å². The molecule has 0 saturated heterocycles. The van der Waals surface area contributed by atoms with Crippen LogP contribution < -0.4 is 10.1 Å². The molecule has 4 heterocycles. The van der Waals surface area contributed by atoms with E-state index in [0.29, 0.717) is 54.0 Å². The van der Waals surface area contributed by atoms with Gasteiger partial charge in [0.15, 0.2) is 22.8 Å². The van der Waals surface area contributed by atoms with E-state index in [-0.39, 0.29) is 11.3 Å². The van der Waals surface area contributed by atoms with Gasteiger partial charge in [-0.2, -0.15) is 4.98 Å². The van der Waals surface area contributed by atoms with Gasteiger partial charge in [-0.25, -0.2) is 14.4 Å². The van der Waals surface area contributed by atoms with E-state index < -0.39 is 5.82 Å². The summed E-state index contributed by atoms with van der Waals surface area (Å²) in [7, 11) is 0. The number of fused-ring (bicyclic) bond motifs is 3. The number of nitrogens with one attached hydrogen (secondary N) is 1. The molecule has 6 rings (SSSR count). The standard InChI is InChI=1S/C30H29FN6O2/c1-4-18-6-5-7-20(12-18)23-13-19(8-9-24(23)38)10-11-33-27-25-28(37-29(34-25)39-17-30(37,2)3)36-26(35-27)21-14-22(31)16-32-15-21/h5-9,12-16,38H,4,10-11,17H2,1-3H3,(H,33,35,36). The number of imidazole rings is 1. The number of hydrogen-bond acceptors (Lipinski definition) is 7. The van der Waals surface area contributed by atoms with Crippen molar-refractivity contribution in [3.05, 3.63) is 77.9 Å². The molecule has 0 fully saturated rings. The highest BCUT2D eigenvalue weighted by atomic mass is 19.1. The van der Waals surface area contributed by atoms with Crippen LogP contribution in [0.4, 0.5) is 10.2 Å². The lowest BCUT2D eigenvalue weighted by atomic mass is 9.98. The molecule has 2 aromatic carbocycles. The Morgan fingerprint density at radius 1 is 1.03 bits per heavy atom. The summed E-state index contributed by atoms with van der Waals surface area (Å²) in [6.45, 7) is 7.27. The number of aromatic nitrogens is 5. The maximum atomic E-state index is 14.0. The van der Waals surface area contributed by atoms with Crippen LogP contribution in [0.25, 0.3) is 33.7 Å². The van der Waals surface area contributed by atoms with Gasteiger partial charge in [0, 0.05) is 23.9 Å². The summed E-state index contributed by atoms with van der Waals surface area (Å²) >= 11 is 0. The van der Waals surface area contributed by atoms with Gasteiger partial charge in [-0.15, -0.1) is 0 Å². The Hall–Kier alpha value is -4.53. The molecule has 1 aliphatic heterocycles. The Bertz CT molecular complexity index is 1700. The predicted octanol–water partition coefficient (Wildman–Crippen LogP) is 5.74. The van der Waals surface area contributed by atoms with Gasteiger partial charge in [0.1, 0.15) is 18.2 Å². The summed E-state index contributed by atoms with van der Waals surface area (Å²) in [4.78, 5) is 18.1. The number of aryl methyl sites for hydroxylation is 1. The zero-order chi connectivity index (χ0) is 27.1. The smallest absolute Gasteiger partial charge is 0.299 e. The van der Waals surface area contributed by atoms with Gasteiger partial charge < -0.3 is 15.2 Å². The van der Waals surface area contributed by atoms with Gasteiger partial charge in [-0.3, -0.25) is 9.55 Å². The van der Waals surface area contributed by atoms with Crippen molar-refractivity contribution < 1.29 is 14.2 Å². The zero-order valence-corrected chi connectivity index (χ0v) is 22.1. The highest BCUT2D eigenvalue weighted by molar-refractivity contribution is 5.86. The second-order valence-corrected chi connectivity index (χ2v) is 10.4. The number of anilines is 1. The first-order valence-electron chi connectivity index (χ1n) is 13.0. The largest absolute Gasteiger partial charge is 0.507 e. The van der Waals surface area contributed by atoms with E-state index >= 15 is 0 Å². The first-order valence-corrected chi connectivity index (χ1v) is 13.0. The number of nitrogens with zero attached hydrogens (tertiary/aromatic N) is 5. The number of halogens is 1. The van der Waals surface area contributed by atoms with Gasteiger partial charge in [0.05, 0.1) is 11.7 Å². The summed E-state index contributed by atoms with van der Waals surface area (Å²) < 4.78 is 21.8. The summed E-state index contributed by atoms with van der Waals surface area (Å²) in [5.74, 6) is 0.682. The van der Waals surface area contributed by atoms with Crippen molar-refractivity contribution in [2.75, 3.05) is 18.5 Å². The Morgan fingerprint density at radius 2 is 1.90 bits per heavy atom. The maximum absolute atomic E-state index is 14.0. The third-order valence-electron chi connectivity index (χ3n) is 7.01. The van der Waals surface area contributed by atoms with Crippen LogP contribution in [-0.2, 0) is 18.4 Å². The molecule has 2 N–H and O–H groups in total. The molecule has 0 amide bonds. The molecule has 0 spiro atoms. The molecule has 3 aromatic heterocycles. The van der Waals surface area contributed by atoms with Crippen molar-refractivity contribution in [3.8, 4) is 34.3 Å². The first-order chi connectivity index (χ1) is 18.8. The van der Waals surface area contributed by atoms with Crippen LogP contribution in [0.15, 0.2) is 60.9 Å². The Labute approximate surface area is 225 Å². The number of ether oxygens (including phenoxy) is 1. The number of phenolic OH excluding ortho intramolecular Hbond substituents is 1. The second kappa shape index (κ2) is 9.65. The minimum atomic E-state index is -0.458. The lowest BCUT2D eigenvalue weighted by Crippen LogP contribution is -2.25. The van der Waals surface area contributed by atoms with Crippen LogP contribution in [0.5, 0.6) is 11.8 Å². The summed E-state index contributed by atoms with van der Waals surface area (Å²) in [5.41, 5.74) is 5.42. The monoisotopic (exact) mass is 524 g/mol. The number of phenols is 1. The fourth-order valence-electron chi connectivity index (χ4n) is 4.93. The van der Waals surface area contributed by atoms with E-state index in [2.05, 4.69) is 48.2 Å². The Morgan fingerprint density at radius 3 is 2.72 bits per heavy atom. The number of rotatable bonds is 7. The van der Waals surface area contributed by atoms with E-state index in [1.807, 2.05) is 28.8 Å². The van der Waals surface area contributed by atoms with Crippen molar-refractivity contribution in [3.63, 3.8) is 0 Å². The topological polar surface area (TPSA) is 98.0 Å². The average molecular weight is 525 g/mol. The van der Waals surface area contributed by atoms with Crippen molar-refractivity contribution in [1.29, 1.82) is 0 Å². The summed E-state index contributed by atoms with van der Waals surface area (Å²) in [6.07, 6.45) is 4.30. The van der Waals surface area contributed by atoms with Crippen molar-refractivity contribution in [2.24, 2.45) is 0 Å². The normalized spacial score (nSPS) is 13.8. The highest BCUT2D eigenvalue weighted by Crippen LogP contribution is 2.37. The van der Waals surface area contributed by atoms with Gasteiger partial charge in [0.2, 0.25) is 0 Å². The van der Waals surface area contributed by atoms with E-state index in [0.717, 1.165) is 29.3 Å². The Balaban J connectivity index is 1.32. The van der Waals surface area contributed by atoms with Crippen LogP contribution in [0.2, 0.25) is 0 Å².